The topological polar surface area (TPSA) is 44.6 Å². The molecule has 60 heavy (non-hydrogen) atoms. The fraction of sp³-hybridized carbons (Fsp3) is 0.0364. The lowest BCUT2D eigenvalue weighted by molar-refractivity contribution is 0.409. The van der Waals surface area contributed by atoms with Gasteiger partial charge in [0, 0.05) is 38.8 Å². The van der Waals surface area contributed by atoms with E-state index in [9.17, 15) is 0 Å². The lowest BCUT2D eigenvalue weighted by atomic mass is 9.93. The summed E-state index contributed by atoms with van der Waals surface area (Å²) in [5, 5.41) is 12.4. The predicted octanol–water partition coefficient (Wildman–Crippen LogP) is 13.4. The summed E-state index contributed by atoms with van der Waals surface area (Å²) in [6, 6.07) is 76.6. The first-order chi connectivity index (χ1) is 29.8. The number of aliphatic imine (C=N–C) groups is 1. The van der Waals surface area contributed by atoms with Gasteiger partial charge in [-0.1, -0.05) is 152 Å². The number of para-hydroxylation sites is 2. The number of aromatic nitrogens is 1. The molecule has 5 nitrogen and oxygen atoms in total. The van der Waals surface area contributed by atoms with E-state index in [0.717, 1.165) is 50.8 Å². The highest BCUT2D eigenvalue weighted by molar-refractivity contribution is 6.23. The maximum absolute atomic E-state index is 5.24. The third kappa shape index (κ3) is 5.55. The van der Waals surface area contributed by atoms with Gasteiger partial charge < -0.3 is 14.8 Å². The number of rotatable bonds is 5. The molecule has 0 fully saturated rings. The monoisotopic (exact) mass is 769 g/mol. The van der Waals surface area contributed by atoms with E-state index >= 15 is 0 Å². The number of amidine groups is 1. The van der Waals surface area contributed by atoms with Crippen LogP contribution in [-0.4, -0.2) is 10.4 Å². The summed E-state index contributed by atoms with van der Waals surface area (Å²) in [5.74, 6) is 0.859. The van der Waals surface area contributed by atoms with Gasteiger partial charge in [-0.05, 0) is 93.7 Å². The lowest BCUT2D eigenvalue weighted by Crippen LogP contribution is -2.44. The molecule has 2 aliphatic heterocycles. The summed E-state index contributed by atoms with van der Waals surface area (Å²) in [4.78, 5) is 7.68. The largest absolute Gasteiger partial charge is 0.350 e. The molecular formula is C55H39N5. The van der Waals surface area contributed by atoms with Crippen LogP contribution in [0.4, 0.5) is 17.1 Å². The molecule has 12 rings (SSSR count). The van der Waals surface area contributed by atoms with Gasteiger partial charge in [-0.2, -0.15) is 0 Å². The molecule has 0 amide bonds. The second kappa shape index (κ2) is 14.0. The van der Waals surface area contributed by atoms with Crippen LogP contribution in [-0.2, 0) is 0 Å². The quantitative estimate of drug-likeness (QED) is 0.183. The van der Waals surface area contributed by atoms with Crippen molar-refractivity contribution in [2.45, 2.75) is 12.3 Å². The van der Waals surface area contributed by atoms with E-state index in [4.69, 9.17) is 4.99 Å². The third-order valence-electron chi connectivity index (χ3n) is 12.2. The van der Waals surface area contributed by atoms with Gasteiger partial charge >= 0.3 is 0 Å². The fourth-order valence-corrected chi connectivity index (χ4v) is 9.43. The minimum absolute atomic E-state index is 0.104. The predicted molar refractivity (Wildman–Crippen MR) is 249 cm³/mol. The maximum atomic E-state index is 5.24. The summed E-state index contributed by atoms with van der Waals surface area (Å²) in [6.45, 7) is 0. The summed E-state index contributed by atoms with van der Waals surface area (Å²) < 4.78 is 2.45. The number of nitrogens with zero attached hydrogens (tertiary/aromatic N) is 3. The average Bonchev–Trinajstić information content (AvgIpc) is 3.60. The molecule has 0 aliphatic carbocycles. The SMILES string of the molecule is c1ccc(C2N=C(c3ccc(-n4c5cc6c(cc5c5c7ccccc7ccc54)-c4ccccc4-c4ccccc4N6c4ccccc4)cc3)NC(c3ccccc3)N2)cc1. The van der Waals surface area contributed by atoms with E-state index in [1.807, 2.05) is 0 Å². The van der Waals surface area contributed by atoms with E-state index in [-0.39, 0.29) is 12.3 Å². The van der Waals surface area contributed by atoms with Crippen molar-refractivity contribution in [1.82, 2.24) is 15.2 Å². The second-order valence-electron chi connectivity index (χ2n) is 15.6. The average molecular weight is 770 g/mol. The fourth-order valence-electron chi connectivity index (χ4n) is 9.43. The zero-order chi connectivity index (χ0) is 39.6. The molecule has 284 valence electrons. The third-order valence-corrected chi connectivity index (χ3v) is 12.2. The Kier molecular flexibility index (Phi) is 8.00. The highest BCUT2D eigenvalue weighted by Crippen LogP contribution is 2.53. The van der Waals surface area contributed by atoms with Gasteiger partial charge in [0.05, 0.1) is 22.4 Å². The van der Waals surface area contributed by atoms with Gasteiger partial charge in [0.2, 0.25) is 0 Å². The molecule has 0 bridgehead atoms. The molecule has 3 heterocycles. The number of fused-ring (bicyclic) bond motifs is 10. The van der Waals surface area contributed by atoms with Crippen LogP contribution in [0, 0.1) is 0 Å². The number of nitrogens with one attached hydrogen (secondary N) is 2. The molecule has 1 aromatic heterocycles. The molecule has 2 unspecified atom stereocenters. The molecule has 0 spiro atoms. The molecule has 0 saturated heterocycles. The first-order valence-corrected chi connectivity index (χ1v) is 20.6. The molecular weight excluding hydrogens is 731 g/mol. The van der Waals surface area contributed by atoms with Gasteiger partial charge in [0.15, 0.2) is 0 Å². The van der Waals surface area contributed by atoms with Crippen molar-refractivity contribution < 1.29 is 0 Å². The van der Waals surface area contributed by atoms with Crippen LogP contribution in [0.1, 0.15) is 29.0 Å². The van der Waals surface area contributed by atoms with Crippen molar-refractivity contribution in [2.75, 3.05) is 4.90 Å². The summed E-state index contributed by atoms with van der Waals surface area (Å²) in [6.07, 6.45) is -0.302. The Hall–Kier alpha value is -7.73. The summed E-state index contributed by atoms with van der Waals surface area (Å²) >= 11 is 0. The van der Waals surface area contributed by atoms with Crippen LogP contribution < -0.4 is 15.5 Å². The van der Waals surface area contributed by atoms with Crippen LogP contribution in [0.2, 0.25) is 0 Å². The van der Waals surface area contributed by atoms with Crippen molar-refractivity contribution in [3.05, 3.63) is 229 Å². The second-order valence-corrected chi connectivity index (χ2v) is 15.6. The van der Waals surface area contributed by atoms with E-state index in [2.05, 4.69) is 232 Å². The van der Waals surface area contributed by atoms with Crippen LogP contribution in [0.3, 0.4) is 0 Å². The van der Waals surface area contributed by atoms with Crippen LogP contribution in [0.25, 0.3) is 60.5 Å². The van der Waals surface area contributed by atoms with Gasteiger partial charge in [-0.15, -0.1) is 0 Å². The zero-order valence-corrected chi connectivity index (χ0v) is 32.7. The maximum Gasteiger partial charge on any atom is 0.131 e. The molecule has 0 saturated carbocycles. The Morgan fingerprint density at radius 2 is 1.07 bits per heavy atom. The molecule has 2 N–H and O–H groups in total. The van der Waals surface area contributed by atoms with E-state index in [0.29, 0.717) is 0 Å². The Bertz CT molecular complexity index is 3260. The molecule has 9 aromatic carbocycles. The number of hydrogen-bond donors (Lipinski definition) is 2. The first kappa shape index (κ1) is 34.3. The molecule has 2 aliphatic rings. The Morgan fingerprint density at radius 3 is 1.83 bits per heavy atom. The molecule has 0 radical (unpaired) electrons. The summed E-state index contributed by atoms with van der Waals surface area (Å²) in [5.41, 5.74) is 15.0. The van der Waals surface area contributed by atoms with E-state index in [1.165, 1.54) is 49.3 Å². The highest BCUT2D eigenvalue weighted by atomic mass is 15.3. The Labute approximate surface area is 348 Å². The van der Waals surface area contributed by atoms with Gasteiger partial charge in [-0.25, -0.2) is 4.99 Å². The molecule has 5 heteroatoms. The number of hydrogen-bond acceptors (Lipinski definition) is 4. The standard InChI is InChI=1S/C55H39N5/c1-4-17-37(18-5-1)53-56-54(38-19-6-2-7-20-38)58-55(57-53)39-28-31-41(32-29-39)60-49-33-30-36-16-10-11-23-42(36)52(49)47-34-46-44-25-13-12-24-43(44)45-26-14-15-27-48(45)59(50(46)35-51(47)60)40-21-8-3-9-22-40/h1-35,53-54,56H,(H,57,58). The van der Waals surface area contributed by atoms with E-state index < -0.39 is 0 Å². The Balaban J connectivity index is 1.08. The van der Waals surface area contributed by atoms with Crippen LogP contribution in [0.5, 0.6) is 0 Å². The van der Waals surface area contributed by atoms with E-state index in [1.54, 1.807) is 0 Å². The van der Waals surface area contributed by atoms with Crippen molar-refractivity contribution >= 4 is 55.5 Å². The van der Waals surface area contributed by atoms with Crippen molar-refractivity contribution in [3.63, 3.8) is 0 Å². The smallest absolute Gasteiger partial charge is 0.131 e. The number of anilines is 3. The molecule has 2 atom stereocenters. The van der Waals surface area contributed by atoms with Crippen molar-refractivity contribution in [3.8, 4) is 27.9 Å². The van der Waals surface area contributed by atoms with Gasteiger partial charge in [0.25, 0.3) is 0 Å². The summed E-state index contributed by atoms with van der Waals surface area (Å²) in [7, 11) is 0. The number of benzene rings is 9. The zero-order valence-electron chi connectivity index (χ0n) is 32.7. The first-order valence-electron chi connectivity index (χ1n) is 20.6. The normalized spacial score (nSPS) is 15.8. The van der Waals surface area contributed by atoms with Crippen molar-refractivity contribution in [1.29, 1.82) is 0 Å². The van der Waals surface area contributed by atoms with Gasteiger partial charge in [0.1, 0.15) is 18.2 Å². The van der Waals surface area contributed by atoms with Crippen LogP contribution >= 0.6 is 0 Å². The van der Waals surface area contributed by atoms with Crippen LogP contribution in [0.15, 0.2) is 217 Å². The minimum Gasteiger partial charge on any atom is -0.350 e. The molecule has 10 aromatic rings. The highest BCUT2D eigenvalue weighted by Gasteiger charge is 2.29. The van der Waals surface area contributed by atoms with Crippen molar-refractivity contribution in [2.24, 2.45) is 4.99 Å². The van der Waals surface area contributed by atoms with Gasteiger partial charge in [-0.3, -0.25) is 5.32 Å². The lowest BCUT2D eigenvalue weighted by Gasteiger charge is -2.32. The Morgan fingerprint density at radius 1 is 0.433 bits per heavy atom. The minimum atomic E-state index is -0.198.